The summed E-state index contributed by atoms with van der Waals surface area (Å²) in [5.74, 6) is 3.84. The first kappa shape index (κ1) is 18.2. The van der Waals surface area contributed by atoms with E-state index in [-0.39, 0.29) is 5.91 Å². The van der Waals surface area contributed by atoms with Crippen LogP contribution in [0.2, 0.25) is 0 Å². The minimum Gasteiger partial charge on any atom is -0.494 e. The molecule has 2 fully saturated rings. The number of hydrogen-bond acceptors (Lipinski definition) is 3. The van der Waals surface area contributed by atoms with Crippen LogP contribution in [0.3, 0.4) is 0 Å². The fourth-order valence-electron chi connectivity index (χ4n) is 4.06. The number of likely N-dealkylation sites (N-methyl/N-ethyl adjacent to an activating group) is 1. The van der Waals surface area contributed by atoms with E-state index in [1.165, 1.54) is 38.8 Å². The smallest absolute Gasteiger partial charge is 0.226 e. The lowest BCUT2D eigenvalue weighted by Crippen LogP contribution is -2.29. The summed E-state index contributed by atoms with van der Waals surface area (Å²) in [6.07, 6.45) is 5.75. The van der Waals surface area contributed by atoms with Crippen LogP contribution in [0.25, 0.3) is 0 Å². The number of carbonyl (C=O) groups is 1. The lowest BCUT2D eigenvalue weighted by Gasteiger charge is -2.22. The summed E-state index contributed by atoms with van der Waals surface area (Å²) in [5, 5.41) is 3.46. The zero-order valence-corrected chi connectivity index (χ0v) is 15.9. The Kier molecular flexibility index (Phi) is 6.00. The topological polar surface area (TPSA) is 41.6 Å². The molecule has 1 heterocycles. The van der Waals surface area contributed by atoms with Crippen molar-refractivity contribution in [3.8, 4) is 5.75 Å². The van der Waals surface area contributed by atoms with E-state index in [4.69, 9.17) is 4.74 Å². The maximum atomic E-state index is 11.9. The highest BCUT2D eigenvalue weighted by Crippen LogP contribution is 2.49. The second-order valence-corrected chi connectivity index (χ2v) is 7.94. The molecule has 1 aliphatic carbocycles. The standard InChI is InChI=1S/C21H32N2O2/c1-15-12-19(5-4-17(15)14-21(24)23(2)3)25-11-8-18-13-20(18)16-6-9-22-10-7-16/h4-5,12,16,18,20,22H,6-11,13-14H2,1-3H3/t18-,20?/m1/s1. The molecule has 4 heteroatoms. The van der Waals surface area contributed by atoms with E-state index in [0.29, 0.717) is 6.42 Å². The normalized spacial score (nSPS) is 23.3. The van der Waals surface area contributed by atoms with Gasteiger partial charge in [-0.3, -0.25) is 4.79 Å². The molecule has 2 atom stereocenters. The minimum absolute atomic E-state index is 0.134. The van der Waals surface area contributed by atoms with E-state index in [2.05, 4.69) is 18.3 Å². The van der Waals surface area contributed by atoms with E-state index in [9.17, 15) is 4.79 Å². The van der Waals surface area contributed by atoms with Crippen molar-refractivity contribution in [1.29, 1.82) is 0 Å². The third-order valence-corrected chi connectivity index (χ3v) is 5.88. The summed E-state index contributed by atoms with van der Waals surface area (Å²) >= 11 is 0. The van der Waals surface area contributed by atoms with Gasteiger partial charge in [0, 0.05) is 14.1 Å². The van der Waals surface area contributed by atoms with E-state index in [0.717, 1.165) is 41.2 Å². The first-order valence-electron chi connectivity index (χ1n) is 9.68. The molecular weight excluding hydrogens is 312 g/mol. The first-order valence-corrected chi connectivity index (χ1v) is 9.68. The second-order valence-electron chi connectivity index (χ2n) is 7.94. The maximum absolute atomic E-state index is 11.9. The van der Waals surface area contributed by atoms with E-state index >= 15 is 0 Å². The molecule has 0 bridgehead atoms. The highest BCUT2D eigenvalue weighted by molar-refractivity contribution is 5.78. The molecule has 1 aromatic rings. The molecule has 1 saturated heterocycles. The van der Waals surface area contributed by atoms with Crippen molar-refractivity contribution in [2.45, 2.75) is 39.0 Å². The van der Waals surface area contributed by atoms with Gasteiger partial charge in [-0.15, -0.1) is 0 Å². The van der Waals surface area contributed by atoms with E-state index in [1.54, 1.807) is 19.0 Å². The third kappa shape index (κ3) is 4.97. The third-order valence-electron chi connectivity index (χ3n) is 5.88. The van der Waals surface area contributed by atoms with E-state index in [1.807, 2.05) is 12.1 Å². The quantitative estimate of drug-likeness (QED) is 0.827. The Morgan fingerprint density at radius 2 is 2.04 bits per heavy atom. The number of rotatable bonds is 7. The molecule has 25 heavy (non-hydrogen) atoms. The van der Waals surface area contributed by atoms with Crippen LogP contribution >= 0.6 is 0 Å². The Balaban J connectivity index is 1.41. The number of ether oxygens (including phenoxy) is 1. The second kappa shape index (κ2) is 8.22. The molecule has 3 rings (SSSR count). The number of nitrogens with one attached hydrogen (secondary N) is 1. The average molecular weight is 344 g/mol. The SMILES string of the molecule is Cc1cc(OCC[C@@H]2CC2C2CCNCC2)ccc1CC(=O)N(C)C. The number of carbonyl (C=O) groups excluding carboxylic acids is 1. The highest BCUT2D eigenvalue weighted by atomic mass is 16.5. The molecule has 1 unspecified atom stereocenters. The molecule has 1 aliphatic heterocycles. The maximum Gasteiger partial charge on any atom is 0.226 e. The number of piperidine rings is 1. The van der Waals surface area contributed by atoms with Gasteiger partial charge in [0.25, 0.3) is 0 Å². The van der Waals surface area contributed by atoms with Crippen molar-refractivity contribution in [2.75, 3.05) is 33.8 Å². The summed E-state index contributed by atoms with van der Waals surface area (Å²) in [4.78, 5) is 13.5. The fraction of sp³-hybridized carbons (Fsp3) is 0.667. The first-order chi connectivity index (χ1) is 12.0. The minimum atomic E-state index is 0.134. The van der Waals surface area contributed by atoms with Crippen LogP contribution in [0.5, 0.6) is 5.75 Å². The number of amides is 1. The molecule has 0 radical (unpaired) electrons. The molecule has 1 amide bonds. The van der Waals surface area contributed by atoms with Crippen LogP contribution in [0.15, 0.2) is 18.2 Å². The van der Waals surface area contributed by atoms with Gasteiger partial charge in [-0.1, -0.05) is 6.07 Å². The van der Waals surface area contributed by atoms with Crippen LogP contribution < -0.4 is 10.1 Å². The van der Waals surface area contributed by atoms with Crippen molar-refractivity contribution >= 4 is 5.91 Å². The summed E-state index contributed by atoms with van der Waals surface area (Å²) in [6, 6.07) is 6.10. The van der Waals surface area contributed by atoms with Crippen LogP contribution in [-0.2, 0) is 11.2 Å². The summed E-state index contributed by atoms with van der Waals surface area (Å²) in [5.41, 5.74) is 2.21. The van der Waals surface area contributed by atoms with Crippen LogP contribution in [0, 0.1) is 24.7 Å². The molecule has 4 nitrogen and oxygen atoms in total. The molecular formula is C21H32N2O2. The summed E-state index contributed by atoms with van der Waals surface area (Å²) < 4.78 is 5.97. The van der Waals surface area contributed by atoms with Crippen molar-refractivity contribution in [3.63, 3.8) is 0 Å². The van der Waals surface area contributed by atoms with Gasteiger partial charge in [0.2, 0.25) is 5.91 Å². The number of aryl methyl sites for hydroxylation is 1. The molecule has 1 saturated carbocycles. The van der Waals surface area contributed by atoms with Crippen LogP contribution in [0.1, 0.15) is 36.8 Å². The van der Waals surface area contributed by atoms with Crippen molar-refractivity contribution in [1.82, 2.24) is 10.2 Å². The van der Waals surface area contributed by atoms with Gasteiger partial charge in [-0.2, -0.15) is 0 Å². The molecule has 0 spiro atoms. The van der Waals surface area contributed by atoms with Gasteiger partial charge in [-0.05, 0) is 86.7 Å². The molecule has 0 aromatic heterocycles. The van der Waals surface area contributed by atoms with Gasteiger partial charge in [-0.25, -0.2) is 0 Å². The Morgan fingerprint density at radius 3 is 2.72 bits per heavy atom. The molecule has 1 aromatic carbocycles. The summed E-state index contributed by atoms with van der Waals surface area (Å²) in [6.45, 7) is 5.26. The monoisotopic (exact) mass is 344 g/mol. The van der Waals surface area contributed by atoms with Crippen LogP contribution in [-0.4, -0.2) is 44.6 Å². The number of hydrogen-bond donors (Lipinski definition) is 1. The predicted molar refractivity (Wildman–Crippen MR) is 101 cm³/mol. The van der Waals surface area contributed by atoms with Gasteiger partial charge >= 0.3 is 0 Å². The van der Waals surface area contributed by atoms with Crippen molar-refractivity contribution in [3.05, 3.63) is 29.3 Å². The Bertz CT molecular complexity index is 594. The zero-order valence-electron chi connectivity index (χ0n) is 15.9. The molecule has 138 valence electrons. The largest absolute Gasteiger partial charge is 0.494 e. The highest BCUT2D eigenvalue weighted by Gasteiger charge is 2.42. The molecule has 2 aliphatic rings. The van der Waals surface area contributed by atoms with Crippen molar-refractivity contribution in [2.24, 2.45) is 17.8 Å². The average Bonchev–Trinajstić information content (AvgIpc) is 3.37. The van der Waals surface area contributed by atoms with Gasteiger partial charge in [0.15, 0.2) is 0 Å². The van der Waals surface area contributed by atoms with Gasteiger partial charge in [0.05, 0.1) is 13.0 Å². The Morgan fingerprint density at radius 1 is 1.28 bits per heavy atom. The Hall–Kier alpha value is -1.55. The van der Waals surface area contributed by atoms with Crippen molar-refractivity contribution < 1.29 is 9.53 Å². The number of benzene rings is 1. The predicted octanol–water partition coefficient (Wildman–Crippen LogP) is 3.03. The van der Waals surface area contributed by atoms with Gasteiger partial charge in [0.1, 0.15) is 5.75 Å². The summed E-state index contributed by atoms with van der Waals surface area (Å²) in [7, 11) is 3.59. The molecule has 1 N–H and O–H groups in total. The lowest BCUT2D eigenvalue weighted by molar-refractivity contribution is -0.127. The van der Waals surface area contributed by atoms with E-state index < -0.39 is 0 Å². The van der Waals surface area contributed by atoms with Gasteiger partial charge < -0.3 is 15.0 Å². The number of nitrogens with zero attached hydrogens (tertiary/aromatic N) is 1. The zero-order chi connectivity index (χ0) is 17.8. The van der Waals surface area contributed by atoms with Crippen LogP contribution in [0.4, 0.5) is 0 Å². The lowest BCUT2D eigenvalue weighted by atomic mass is 9.91. The Labute approximate surface area is 151 Å². The fourth-order valence-corrected chi connectivity index (χ4v) is 4.06.